The number of thiophene rings is 1. The number of sulfone groups is 1. The summed E-state index contributed by atoms with van der Waals surface area (Å²) < 4.78 is 25.3. The quantitative estimate of drug-likeness (QED) is 0.774. The highest BCUT2D eigenvalue weighted by Crippen LogP contribution is 2.29. The van der Waals surface area contributed by atoms with Crippen molar-refractivity contribution in [3.8, 4) is 9.88 Å². The van der Waals surface area contributed by atoms with Gasteiger partial charge in [0.2, 0.25) is 5.91 Å². The molecule has 1 fully saturated rings. The largest absolute Gasteiger partial charge is 0.342 e. The molecule has 0 radical (unpaired) electrons. The van der Waals surface area contributed by atoms with Crippen LogP contribution in [0.2, 0.25) is 0 Å². The SMILES string of the molecule is CC1CCN(C(=O)C(C)S(=O)(=O)Cc2csc(-c3cccs3)n2)CC1. The molecule has 0 aliphatic carbocycles. The second-order valence-electron chi connectivity index (χ2n) is 6.58. The van der Waals surface area contributed by atoms with Crippen LogP contribution in [0.4, 0.5) is 0 Å². The molecule has 1 aliphatic heterocycles. The highest BCUT2D eigenvalue weighted by atomic mass is 32.2. The van der Waals surface area contributed by atoms with Crippen LogP contribution in [0.1, 0.15) is 32.4 Å². The normalized spacial score (nSPS) is 17.6. The van der Waals surface area contributed by atoms with Crippen LogP contribution >= 0.6 is 22.7 Å². The van der Waals surface area contributed by atoms with Crippen molar-refractivity contribution in [3.05, 3.63) is 28.6 Å². The average molecular weight is 399 g/mol. The Morgan fingerprint density at radius 3 is 2.72 bits per heavy atom. The van der Waals surface area contributed by atoms with E-state index in [2.05, 4.69) is 11.9 Å². The third kappa shape index (κ3) is 4.30. The Balaban J connectivity index is 1.67. The maximum atomic E-state index is 12.7. The van der Waals surface area contributed by atoms with Gasteiger partial charge >= 0.3 is 0 Å². The van der Waals surface area contributed by atoms with Crippen LogP contribution in [0, 0.1) is 5.92 Å². The van der Waals surface area contributed by atoms with Crippen molar-refractivity contribution >= 4 is 38.4 Å². The lowest BCUT2D eigenvalue weighted by molar-refractivity contribution is -0.131. The Morgan fingerprint density at radius 1 is 1.36 bits per heavy atom. The van der Waals surface area contributed by atoms with Gasteiger partial charge in [-0.3, -0.25) is 4.79 Å². The Bertz CT molecular complexity index is 819. The number of carbonyl (C=O) groups is 1. The molecule has 0 saturated carbocycles. The molecule has 2 aromatic heterocycles. The van der Waals surface area contributed by atoms with Gasteiger partial charge in [0.05, 0.1) is 16.3 Å². The lowest BCUT2D eigenvalue weighted by Gasteiger charge is -2.32. The second kappa shape index (κ2) is 7.55. The molecule has 136 valence electrons. The minimum atomic E-state index is -3.57. The zero-order valence-electron chi connectivity index (χ0n) is 14.3. The first-order valence-electron chi connectivity index (χ1n) is 8.35. The summed E-state index contributed by atoms with van der Waals surface area (Å²) in [5, 5.41) is 3.54. The third-order valence-corrected chi connectivity index (χ3v) is 8.52. The van der Waals surface area contributed by atoms with Crippen LogP contribution in [0.25, 0.3) is 9.88 Å². The van der Waals surface area contributed by atoms with E-state index in [0.29, 0.717) is 24.7 Å². The number of aromatic nitrogens is 1. The average Bonchev–Trinajstić information content (AvgIpc) is 3.25. The van der Waals surface area contributed by atoms with Gasteiger partial charge in [0.15, 0.2) is 9.84 Å². The predicted molar refractivity (Wildman–Crippen MR) is 102 cm³/mol. The molecule has 2 aromatic rings. The topological polar surface area (TPSA) is 67.3 Å². The lowest BCUT2D eigenvalue weighted by atomic mass is 9.99. The Morgan fingerprint density at radius 2 is 2.08 bits per heavy atom. The zero-order valence-corrected chi connectivity index (χ0v) is 16.8. The molecule has 1 amide bonds. The monoisotopic (exact) mass is 398 g/mol. The van der Waals surface area contributed by atoms with Crippen molar-refractivity contribution in [1.29, 1.82) is 0 Å². The van der Waals surface area contributed by atoms with E-state index in [9.17, 15) is 13.2 Å². The van der Waals surface area contributed by atoms with E-state index < -0.39 is 15.1 Å². The van der Waals surface area contributed by atoms with Gasteiger partial charge < -0.3 is 4.90 Å². The lowest BCUT2D eigenvalue weighted by Crippen LogP contribution is -2.45. The highest BCUT2D eigenvalue weighted by Gasteiger charge is 2.33. The molecule has 3 heterocycles. The smallest absolute Gasteiger partial charge is 0.240 e. The molecule has 5 nitrogen and oxygen atoms in total. The molecule has 3 rings (SSSR count). The number of amides is 1. The van der Waals surface area contributed by atoms with E-state index in [1.54, 1.807) is 21.6 Å². The standard InChI is InChI=1S/C17H22N2O3S3/c1-12-5-7-19(8-6-12)17(20)13(2)25(21,22)11-14-10-24-16(18-14)15-4-3-9-23-15/h3-4,9-10,12-13H,5-8,11H2,1-2H3. The number of thiazole rings is 1. The molecule has 0 N–H and O–H groups in total. The Labute approximate surface area is 156 Å². The minimum Gasteiger partial charge on any atom is -0.342 e. The molecule has 1 saturated heterocycles. The molecule has 1 unspecified atom stereocenters. The number of nitrogens with zero attached hydrogens (tertiary/aromatic N) is 2. The number of carbonyl (C=O) groups excluding carboxylic acids is 1. The zero-order chi connectivity index (χ0) is 18.0. The van der Waals surface area contributed by atoms with Crippen molar-refractivity contribution in [2.45, 2.75) is 37.7 Å². The van der Waals surface area contributed by atoms with E-state index >= 15 is 0 Å². The summed E-state index contributed by atoms with van der Waals surface area (Å²) in [6.07, 6.45) is 1.88. The molecule has 8 heteroatoms. The summed E-state index contributed by atoms with van der Waals surface area (Å²) in [5.41, 5.74) is 0.514. The molecule has 1 atom stereocenters. The van der Waals surface area contributed by atoms with Crippen LogP contribution < -0.4 is 0 Å². The second-order valence-corrected chi connectivity index (χ2v) is 10.7. The molecule has 0 aromatic carbocycles. The summed E-state index contributed by atoms with van der Waals surface area (Å²) in [6.45, 7) is 4.97. The summed E-state index contributed by atoms with van der Waals surface area (Å²) in [4.78, 5) is 19.7. The van der Waals surface area contributed by atoms with Crippen LogP contribution in [0.3, 0.4) is 0 Å². The van der Waals surface area contributed by atoms with Gasteiger partial charge in [0.25, 0.3) is 0 Å². The van der Waals surface area contributed by atoms with Crippen molar-refractivity contribution in [3.63, 3.8) is 0 Å². The summed E-state index contributed by atoms with van der Waals surface area (Å²) in [5.74, 6) is 0.133. The van der Waals surface area contributed by atoms with Gasteiger partial charge in [-0.25, -0.2) is 13.4 Å². The van der Waals surface area contributed by atoms with E-state index in [-0.39, 0.29) is 11.7 Å². The van der Waals surface area contributed by atoms with Crippen molar-refractivity contribution in [2.75, 3.05) is 13.1 Å². The van der Waals surface area contributed by atoms with Gasteiger partial charge in [-0.2, -0.15) is 0 Å². The molecular formula is C17H22N2O3S3. The van der Waals surface area contributed by atoms with E-state index in [4.69, 9.17) is 0 Å². The fourth-order valence-electron chi connectivity index (χ4n) is 2.86. The first-order chi connectivity index (χ1) is 11.9. The molecule has 0 bridgehead atoms. The Hall–Kier alpha value is -1.25. The number of likely N-dealkylation sites (tertiary alicyclic amines) is 1. The van der Waals surface area contributed by atoms with Crippen LogP contribution in [0.5, 0.6) is 0 Å². The van der Waals surface area contributed by atoms with Gasteiger partial charge in [-0.05, 0) is 37.1 Å². The first-order valence-corrected chi connectivity index (χ1v) is 11.8. The van der Waals surface area contributed by atoms with Gasteiger partial charge in [-0.15, -0.1) is 22.7 Å². The van der Waals surface area contributed by atoms with E-state index in [0.717, 1.165) is 22.7 Å². The van der Waals surface area contributed by atoms with Gasteiger partial charge in [0.1, 0.15) is 10.3 Å². The van der Waals surface area contributed by atoms with Crippen molar-refractivity contribution in [1.82, 2.24) is 9.88 Å². The molecular weight excluding hydrogens is 376 g/mol. The fraction of sp³-hybridized carbons (Fsp3) is 0.529. The van der Waals surface area contributed by atoms with Crippen LogP contribution in [-0.4, -0.2) is 42.5 Å². The number of hydrogen-bond donors (Lipinski definition) is 0. The van der Waals surface area contributed by atoms with E-state index in [1.807, 2.05) is 17.5 Å². The predicted octanol–water partition coefficient (Wildman–Crippen LogP) is 3.43. The number of piperidine rings is 1. The first kappa shape index (κ1) is 18.5. The third-order valence-electron chi connectivity index (χ3n) is 4.61. The highest BCUT2D eigenvalue weighted by molar-refractivity contribution is 7.92. The van der Waals surface area contributed by atoms with Gasteiger partial charge in [-0.1, -0.05) is 13.0 Å². The van der Waals surface area contributed by atoms with Crippen molar-refractivity contribution in [2.24, 2.45) is 5.92 Å². The summed E-state index contributed by atoms with van der Waals surface area (Å²) in [6, 6.07) is 3.91. The van der Waals surface area contributed by atoms with Crippen molar-refractivity contribution < 1.29 is 13.2 Å². The van der Waals surface area contributed by atoms with E-state index in [1.165, 1.54) is 18.3 Å². The number of rotatable bonds is 5. The molecule has 25 heavy (non-hydrogen) atoms. The maximum absolute atomic E-state index is 12.7. The minimum absolute atomic E-state index is 0.188. The van der Waals surface area contributed by atoms with Crippen LogP contribution in [-0.2, 0) is 20.4 Å². The van der Waals surface area contributed by atoms with Crippen LogP contribution in [0.15, 0.2) is 22.9 Å². The summed E-state index contributed by atoms with van der Waals surface area (Å²) in [7, 11) is -3.57. The summed E-state index contributed by atoms with van der Waals surface area (Å²) >= 11 is 3.01. The molecule has 0 spiro atoms. The number of hydrogen-bond acceptors (Lipinski definition) is 6. The molecule has 1 aliphatic rings. The Kier molecular flexibility index (Phi) is 5.60. The maximum Gasteiger partial charge on any atom is 0.240 e. The fourth-order valence-corrected chi connectivity index (χ4v) is 5.86. The van der Waals surface area contributed by atoms with Gasteiger partial charge in [0, 0.05) is 18.5 Å².